The Kier molecular flexibility index (Phi) is 5.68. The van der Waals surface area contributed by atoms with Crippen LogP contribution >= 0.6 is 0 Å². The van der Waals surface area contributed by atoms with Gasteiger partial charge in [0.1, 0.15) is 18.2 Å². The van der Waals surface area contributed by atoms with E-state index in [-0.39, 0.29) is 37.2 Å². The molecule has 0 amide bonds. The third-order valence-electron chi connectivity index (χ3n) is 3.79. The van der Waals surface area contributed by atoms with Crippen LogP contribution in [0.25, 0.3) is 0 Å². The van der Waals surface area contributed by atoms with Crippen LogP contribution in [0.3, 0.4) is 0 Å². The lowest BCUT2D eigenvalue weighted by atomic mass is 9.93. The summed E-state index contributed by atoms with van der Waals surface area (Å²) in [5, 5.41) is 13.9. The molecule has 1 atom stereocenters. The minimum atomic E-state index is -0.787. The lowest BCUT2D eigenvalue weighted by Gasteiger charge is -2.41. The van der Waals surface area contributed by atoms with Crippen molar-refractivity contribution in [3.8, 4) is 0 Å². The van der Waals surface area contributed by atoms with Gasteiger partial charge in [0, 0.05) is 4.92 Å². The van der Waals surface area contributed by atoms with Gasteiger partial charge < -0.3 is 9.47 Å². The van der Waals surface area contributed by atoms with E-state index in [9.17, 15) is 14.9 Å². The summed E-state index contributed by atoms with van der Waals surface area (Å²) in [6.07, 6.45) is 0. The molecular formula is C16H22N2O5. The molecule has 1 aliphatic heterocycles. The molecule has 126 valence electrons. The molecule has 7 nitrogen and oxygen atoms in total. The van der Waals surface area contributed by atoms with Gasteiger partial charge in [-0.2, -0.15) is 0 Å². The highest BCUT2D eigenvalue weighted by Gasteiger charge is 2.46. The average molecular weight is 322 g/mol. The van der Waals surface area contributed by atoms with Gasteiger partial charge in [0.25, 0.3) is 0 Å². The summed E-state index contributed by atoms with van der Waals surface area (Å²) in [5.41, 5.74) is 0.111. The summed E-state index contributed by atoms with van der Waals surface area (Å²) in [4.78, 5) is 22.8. The zero-order valence-electron chi connectivity index (χ0n) is 13.4. The van der Waals surface area contributed by atoms with E-state index in [2.05, 4.69) is 5.32 Å². The molecule has 0 aromatic heterocycles. The van der Waals surface area contributed by atoms with Crippen molar-refractivity contribution in [2.24, 2.45) is 5.92 Å². The molecule has 0 bridgehead atoms. The molecular weight excluding hydrogens is 300 g/mol. The van der Waals surface area contributed by atoms with E-state index < -0.39 is 17.6 Å². The van der Waals surface area contributed by atoms with Crippen LogP contribution in [0, 0.1) is 16.0 Å². The topological polar surface area (TPSA) is 90.7 Å². The number of nitrogens with zero attached hydrogens (tertiary/aromatic N) is 1. The molecule has 1 heterocycles. The molecule has 0 spiro atoms. The molecule has 1 aromatic rings. The summed E-state index contributed by atoms with van der Waals surface area (Å²) >= 11 is 0. The minimum Gasteiger partial charge on any atom is -0.460 e. The van der Waals surface area contributed by atoms with E-state index in [1.54, 1.807) is 0 Å². The summed E-state index contributed by atoms with van der Waals surface area (Å²) < 4.78 is 10.5. The lowest BCUT2D eigenvalue weighted by Crippen LogP contribution is -2.68. The molecule has 0 unspecified atom stereocenters. The van der Waals surface area contributed by atoms with Gasteiger partial charge in [-0.25, -0.2) is 0 Å². The molecule has 23 heavy (non-hydrogen) atoms. The Balaban J connectivity index is 1.97. The zero-order chi connectivity index (χ0) is 16.9. The van der Waals surface area contributed by atoms with E-state index in [1.807, 2.05) is 44.2 Å². The standard InChI is InChI=1S/C16H22N2O5/c1-12(2)14(17-16(9-18(20)21)10-22-11-16)15(19)23-8-13-6-4-3-5-7-13/h3-7,12,14,17H,8-11H2,1-2H3/t14-/m0/s1. The molecule has 2 rings (SSSR count). The fourth-order valence-corrected chi connectivity index (χ4v) is 2.46. The van der Waals surface area contributed by atoms with Crippen molar-refractivity contribution in [3.05, 3.63) is 46.0 Å². The van der Waals surface area contributed by atoms with Crippen molar-refractivity contribution >= 4 is 5.97 Å². The maximum Gasteiger partial charge on any atom is 0.323 e. The maximum atomic E-state index is 12.4. The normalized spacial score (nSPS) is 17.3. The number of rotatable bonds is 8. The minimum absolute atomic E-state index is 0.0532. The van der Waals surface area contributed by atoms with Crippen LogP contribution in [0.5, 0.6) is 0 Å². The van der Waals surface area contributed by atoms with Crippen LogP contribution in [0.15, 0.2) is 30.3 Å². The van der Waals surface area contributed by atoms with Crippen LogP contribution in [0.1, 0.15) is 19.4 Å². The Morgan fingerprint density at radius 2 is 2.04 bits per heavy atom. The molecule has 0 saturated carbocycles. The lowest BCUT2D eigenvalue weighted by molar-refractivity contribution is -0.499. The summed E-state index contributed by atoms with van der Waals surface area (Å²) in [6, 6.07) is 8.78. The van der Waals surface area contributed by atoms with Crippen LogP contribution in [-0.2, 0) is 20.9 Å². The number of carbonyl (C=O) groups excluding carboxylic acids is 1. The molecule has 1 saturated heterocycles. The van der Waals surface area contributed by atoms with Crippen LogP contribution < -0.4 is 5.32 Å². The molecule has 1 fully saturated rings. The molecule has 1 aliphatic rings. The van der Waals surface area contributed by atoms with Gasteiger partial charge in [0.15, 0.2) is 0 Å². The Bertz CT molecular complexity index is 543. The number of nitro groups is 1. The predicted octanol–water partition coefficient (Wildman–Crippen LogP) is 1.39. The third kappa shape index (κ3) is 4.74. The van der Waals surface area contributed by atoms with Gasteiger partial charge in [0.05, 0.1) is 13.2 Å². The first-order valence-electron chi connectivity index (χ1n) is 7.60. The third-order valence-corrected chi connectivity index (χ3v) is 3.79. The van der Waals surface area contributed by atoms with Gasteiger partial charge in [0.2, 0.25) is 6.54 Å². The number of ether oxygens (including phenoxy) is 2. The van der Waals surface area contributed by atoms with E-state index in [1.165, 1.54) is 0 Å². The Hall–Kier alpha value is -1.99. The summed E-state index contributed by atoms with van der Waals surface area (Å²) in [5.74, 6) is -0.457. The fraction of sp³-hybridized carbons (Fsp3) is 0.562. The summed E-state index contributed by atoms with van der Waals surface area (Å²) in [6.45, 7) is 4.11. The molecule has 0 aliphatic carbocycles. The molecule has 7 heteroatoms. The zero-order valence-corrected chi connectivity index (χ0v) is 13.4. The fourth-order valence-electron chi connectivity index (χ4n) is 2.46. The van der Waals surface area contributed by atoms with E-state index in [0.717, 1.165) is 5.56 Å². The van der Waals surface area contributed by atoms with Crippen molar-refractivity contribution in [3.63, 3.8) is 0 Å². The van der Waals surface area contributed by atoms with Gasteiger partial charge in [-0.3, -0.25) is 20.2 Å². The van der Waals surface area contributed by atoms with Crippen LogP contribution in [0.4, 0.5) is 0 Å². The number of hydrogen-bond acceptors (Lipinski definition) is 6. The van der Waals surface area contributed by atoms with Crippen molar-refractivity contribution < 1.29 is 19.2 Å². The van der Waals surface area contributed by atoms with E-state index in [4.69, 9.17) is 9.47 Å². The highest BCUT2D eigenvalue weighted by atomic mass is 16.6. The average Bonchev–Trinajstić information content (AvgIpc) is 2.47. The van der Waals surface area contributed by atoms with Crippen molar-refractivity contribution in [1.29, 1.82) is 0 Å². The first kappa shape index (κ1) is 17.4. The van der Waals surface area contributed by atoms with Crippen molar-refractivity contribution in [1.82, 2.24) is 5.32 Å². The highest BCUT2D eigenvalue weighted by Crippen LogP contribution is 2.20. The van der Waals surface area contributed by atoms with Crippen molar-refractivity contribution in [2.75, 3.05) is 19.8 Å². The van der Waals surface area contributed by atoms with E-state index in [0.29, 0.717) is 0 Å². The van der Waals surface area contributed by atoms with Gasteiger partial charge >= 0.3 is 5.97 Å². The highest BCUT2D eigenvalue weighted by molar-refractivity contribution is 5.76. The Morgan fingerprint density at radius 3 is 2.52 bits per heavy atom. The largest absolute Gasteiger partial charge is 0.460 e. The van der Waals surface area contributed by atoms with Gasteiger partial charge in [-0.1, -0.05) is 44.2 Å². The van der Waals surface area contributed by atoms with E-state index >= 15 is 0 Å². The number of benzene rings is 1. The van der Waals surface area contributed by atoms with Crippen LogP contribution in [0.2, 0.25) is 0 Å². The first-order chi connectivity index (χ1) is 10.9. The number of carbonyl (C=O) groups is 1. The molecule has 0 radical (unpaired) electrons. The second-order valence-electron chi connectivity index (χ2n) is 6.22. The van der Waals surface area contributed by atoms with Crippen LogP contribution in [-0.4, -0.2) is 42.2 Å². The quantitative estimate of drug-likeness (QED) is 0.442. The Labute approximate surface area is 135 Å². The SMILES string of the molecule is CC(C)[C@H](NC1(C[N+](=O)[O-])COC1)C(=O)OCc1ccccc1. The monoisotopic (exact) mass is 322 g/mol. The first-order valence-corrected chi connectivity index (χ1v) is 7.60. The second-order valence-corrected chi connectivity index (χ2v) is 6.22. The number of esters is 1. The smallest absolute Gasteiger partial charge is 0.323 e. The number of hydrogen-bond donors (Lipinski definition) is 1. The predicted molar refractivity (Wildman–Crippen MR) is 83.4 cm³/mol. The van der Waals surface area contributed by atoms with Gasteiger partial charge in [-0.15, -0.1) is 0 Å². The molecule has 1 N–H and O–H groups in total. The maximum absolute atomic E-state index is 12.4. The Morgan fingerprint density at radius 1 is 1.39 bits per heavy atom. The number of nitrogens with one attached hydrogen (secondary N) is 1. The molecule has 1 aromatic carbocycles. The second kappa shape index (κ2) is 7.52. The van der Waals surface area contributed by atoms with Gasteiger partial charge in [-0.05, 0) is 11.5 Å². The summed E-state index contributed by atoms with van der Waals surface area (Å²) in [7, 11) is 0. The van der Waals surface area contributed by atoms with Crippen molar-refractivity contribution in [2.45, 2.75) is 32.0 Å².